The standard InChI is InChI=1S/C15H24N4S/c1-17-7-4-12-9-18(11-14(12)17)10-13-8-16-15(20-13)19-5-2-3-6-19/h8,12,14H,2-7,9-11H2,1H3/t12-,14+/m0/s1. The van der Waals surface area contributed by atoms with Gasteiger partial charge in [-0.15, -0.1) is 11.3 Å². The van der Waals surface area contributed by atoms with Gasteiger partial charge in [0.25, 0.3) is 0 Å². The molecule has 0 radical (unpaired) electrons. The third kappa shape index (κ3) is 2.36. The molecule has 3 aliphatic rings. The first-order valence-corrected chi connectivity index (χ1v) is 8.73. The molecule has 3 aliphatic heterocycles. The molecule has 4 nitrogen and oxygen atoms in total. The molecule has 0 unspecified atom stereocenters. The smallest absolute Gasteiger partial charge is 0.185 e. The SMILES string of the molecule is CN1CC[C@H]2CN(Cc3cnc(N4CCCC4)s3)C[C@H]21. The van der Waals surface area contributed by atoms with E-state index in [0.717, 1.165) is 18.5 Å². The zero-order valence-corrected chi connectivity index (χ0v) is 13.1. The van der Waals surface area contributed by atoms with Crippen LogP contribution in [0.15, 0.2) is 6.20 Å². The van der Waals surface area contributed by atoms with Crippen LogP contribution in [-0.2, 0) is 6.54 Å². The van der Waals surface area contributed by atoms with Crippen LogP contribution in [0.2, 0.25) is 0 Å². The topological polar surface area (TPSA) is 22.6 Å². The van der Waals surface area contributed by atoms with Crippen molar-refractivity contribution in [1.82, 2.24) is 14.8 Å². The molecule has 0 bridgehead atoms. The van der Waals surface area contributed by atoms with Gasteiger partial charge in [-0.3, -0.25) is 4.90 Å². The lowest BCUT2D eigenvalue weighted by atomic mass is 10.1. The molecule has 0 N–H and O–H groups in total. The summed E-state index contributed by atoms with van der Waals surface area (Å²) in [7, 11) is 2.28. The van der Waals surface area contributed by atoms with E-state index in [1.54, 1.807) is 0 Å². The highest BCUT2D eigenvalue weighted by Crippen LogP contribution is 2.32. The fraction of sp³-hybridized carbons (Fsp3) is 0.800. The van der Waals surface area contributed by atoms with Crippen molar-refractivity contribution in [2.24, 2.45) is 5.92 Å². The van der Waals surface area contributed by atoms with E-state index in [2.05, 4.69) is 32.9 Å². The monoisotopic (exact) mass is 292 g/mol. The highest BCUT2D eigenvalue weighted by atomic mass is 32.1. The predicted octanol–water partition coefficient (Wildman–Crippen LogP) is 1.88. The summed E-state index contributed by atoms with van der Waals surface area (Å²) in [6, 6.07) is 0.806. The minimum atomic E-state index is 0.806. The van der Waals surface area contributed by atoms with Crippen molar-refractivity contribution in [2.45, 2.75) is 31.8 Å². The highest BCUT2D eigenvalue weighted by molar-refractivity contribution is 7.15. The number of hydrogen-bond donors (Lipinski definition) is 0. The van der Waals surface area contributed by atoms with E-state index < -0.39 is 0 Å². The van der Waals surface area contributed by atoms with Gasteiger partial charge in [0.2, 0.25) is 0 Å². The van der Waals surface area contributed by atoms with Gasteiger partial charge in [-0.2, -0.15) is 0 Å². The number of thiazole rings is 1. The molecule has 0 saturated carbocycles. The van der Waals surface area contributed by atoms with Gasteiger partial charge < -0.3 is 9.80 Å². The van der Waals surface area contributed by atoms with Crippen LogP contribution in [-0.4, -0.2) is 60.6 Å². The van der Waals surface area contributed by atoms with E-state index in [9.17, 15) is 0 Å². The average Bonchev–Trinajstić information content (AvgIpc) is 3.17. The molecule has 3 saturated heterocycles. The first-order chi connectivity index (χ1) is 9.79. The Balaban J connectivity index is 1.38. The molecule has 110 valence electrons. The molecule has 5 heteroatoms. The van der Waals surface area contributed by atoms with Crippen LogP contribution >= 0.6 is 11.3 Å². The van der Waals surface area contributed by atoms with Crippen LogP contribution in [0.4, 0.5) is 5.13 Å². The van der Waals surface area contributed by atoms with E-state index in [1.807, 2.05) is 11.3 Å². The van der Waals surface area contributed by atoms with Gasteiger partial charge in [-0.25, -0.2) is 4.98 Å². The molecular formula is C15H24N4S. The van der Waals surface area contributed by atoms with Crippen molar-refractivity contribution in [2.75, 3.05) is 44.7 Å². The predicted molar refractivity (Wildman–Crippen MR) is 83.4 cm³/mol. The number of hydrogen-bond acceptors (Lipinski definition) is 5. The van der Waals surface area contributed by atoms with Crippen LogP contribution in [0.5, 0.6) is 0 Å². The Kier molecular flexibility index (Phi) is 3.44. The van der Waals surface area contributed by atoms with Crippen LogP contribution in [0, 0.1) is 5.92 Å². The Morgan fingerprint density at radius 3 is 2.90 bits per heavy atom. The molecule has 0 amide bonds. The van der Waals surface area contributed by atoms with Crippen molar-refractivity contribution < 1.29 is 0 Å². The van der Waals surface area contributed by atoms with Gasteiger partial charge in [-0.05, 0) is 38.8 Å². The molecule has 4 rings (SSSR count). The van der Waals surface area contributed by atoms with E-state index in [-0.39, 0.29) is 0 Å². The summed E-state index contributed by atoms with van der Waals surface area (Å²) in [6.07, 6.45) is 6.16. The molecular weight excluding hydrogens is 268 g/mol. The summed E-state index contributed by atoms with van der Waals surface area (Å²) in [4.78, 5) is 13.7. The average molecular weight is 292 g/mol. The lowest BCUT2D eigenvalue weighted by molar-refractivity contribution is 0.256. The number of likely N-dealkylation sites (tertiary alicyclic amines) is 2. The number of nitrogens with zero attached hydrogens (tertiary/aromatic N) is 4. The number of aromatic nitrogens is 1. The van der Waals surface area contributed by atoms with Crippen molar-refractivity contribution in [3.05, 3.63) is 11.1 Å². The second kappa shape index (κ2) is 5.28. The van der Waals surface area contributed by atoms with Crippen molar-refractivity contribution in [3.8, 4) is 0 Å². The van der Waals surface area contributed by atoms with E-state index in [4.69, 9.17) is 0 Å². The van der Waals surface area contributed by atoms with Gasteiger partial charge in [-0.1, -0.05) is 0 Å². The summed E-state index contributed by atoms with van der Waals surface area (Å²) < 4.78 is 0. The quantitative estimate of drug-likeness (QED) is 0.848. The number of likely N-dealkylation sites (N-methyl/N-ethyl adjacent to an activating group) is 1. The lowest BCUT2D eigenvalue weighted by Crippen LogP contribution is -2.31. The Morgan fingerprint density at radius 1 is 1.25 bits per heavy atom. The minimum Gasteiger partial charge on any atom is -0.348 e. The van der Waals surface area contributed by atoms with Crippen LogP contribution in [0.1, 0.15) is 24.1 Å². The first kappa shape index (κ1) is 13.0. The van der Waals surface area contributed by atoms with Gasteiger partial charge in [0.1, 0.15) is 0 Å². The summed E-state index contributed by atoms with van der Waals surface area (Å²) in [5.74, 6) is 0.908. The third-order valence-corrected chi connectivity index (χ3v) is 6.24. The largest absolute Gasteiger partial charge is 0.348 e. The molecule has 0 aliphatic carbocycles. The van der Waals surface area contributed by atoms with Crippen molar-refractivity contribution >= 4 is 16.5 Å². The van der Waals surface area contributed by atoms with Crippen molar-refractivity contribution in [1.29, 1.82) is 0 Å². The molecule has 4 heterocycles. The molecule has 2 atom stereocenters. The van der Waals surface area contributed by atoms with Gasteiger partial charge in [0.15, 0.2) is 5.13 Å². The Labute approximate surface area is 125 Å². The maximum absolute atomic E-state index is 4.63. The molecule has 1 aromatic rings. The van der Waals surface area contributed by atoms with Gasteiger partial charge >= 0.3 is 0 Å². The van der Waals surface area contributed by atoms with Crippen molar-refractivity contribution in [3.63, 3.8) is 0 Å². The van der Waals surface area contributed by atoms with E-state index >= 15 is 0 Å². The molecule has 0 aromatic carbocycles. The highest BCUT2D eigenvalue weighted by Gasteiger charge is 2.39. The summed E-state index contributed by atoms with van der Waals surface area (Å²) in [5.41, 5.74) is 0. The Bertz CT molecular complexity index is 468. The van der Waals surface area contributed by atoms with Crippen LogP contribution in [0.3, 0.4) is 0 Å². The van der Waals surface area contributed by atoms with Crippen LogP contribution < -0.4 is 4.90 Å². The maximum Gasteiger partial charge on any atom is 0.185 e. The summed E-state index contributed by atoms with van der Waals surface area (Å²) in [6.45, 7) is 7.33. The molecule has 20 heavy (non-hydrogen) atoms. The van der Waals surface area contributed by atoms with Gasteiger partial charge in [0, 0.05) is 49.8 Å². The van der Waals surface area contributed by atoms with E-state index in [0.29, 0.717) is 0 Å². The number of fused-ring (bicyclic) bond motifs is 1. The fourth-order valence-electron chi connectivity index (χ4n) is 4.03. The number of anilines is 1. The molecule has 3 fully saturated rings. The third-order valence-electron chi connectivity index (χ3n) is 5.20. The van der Waals surface area contributed by atoms with Crippen LogP contribution in [0.25, 0.3) is 0 Å². The lowest BCUT2D eigenvalue weighted by Gasteiger charge is -2.19. The fourth-order valence-corrected chi connectivity index (χ4v) is 5.04. The second-order valence-electron chi connectivity index (χ2n) is 6.59. The molecule has 0 spiro atoms. The second-order valence-corrected chi connectivity index (χ2v) is 7.69. The molecule has 1 aromatic heterocycles. The Hall–Kier alpha value is -0.650. The van der Waals surface area contributed by atoms with E-state index in [1.165, 1.54) is 62.0 Å². The van der Waals surface area contributed by atoms with Gasteiger partial charge in [0.05, 0.1) is 0 Å². The zero-order chi connectivity index (χ0) is 13.5. The summed E-state index contributed by atoms with van der Waals surface area (Å²) >= 11 is 1.91. The summed E-state index contributed by atoms with van der Waals surface area (Å²) in [5, 5.41) is 1.24. The zero-order valence-electron chi connectivity index (χ0n) is 12.3. The Morgan fingerprint density at radius 2 is 2.10 bits per heavy atom. The minimum absolute atomic E-state index is 0.806. The first-order valence-electron chi connectivity index (χ1n) is 7.92. The maximum atomic E-state index is 4.63. The number of rotatable bonds is 3. The normalized spacial score (nSPS) is 31.4.